The number of hydrogen-bond donors (Lipinski definition) is 1. The van der Waals surface area contributed by atoms with E-state index >= 15 is 0 Å². The van der Waals surface area contributed by atoms with E-state index in [1.165, 1.54) is 0 Å². The third kappa shape index (κ3) is 2.57. The Bertz CT molecular complexity index is 1030. The Labute approximate surface area is 145 Å². The zero-order valence-electron chi connectivity index (χ0n) is 11.5. The molecule has 2 heterocycles. The lowest BCUT2D eigenvalue weighted by molar-refractivity contribution is 1.11. The van der Waals surface area contributed by atoms with Gasteiger partial charge in [0, 0.05) is 10.7 Å². The number of benzene rings is 2. The molecule has 5 nitrogen and oxygen atoms in total. The monoisotopic (exact) mass is 363 g/mol. The highest BCUT2D eigenvalue weighted by Crippen LogP contribution is 2.30. The van der Waals surface area contributed by atoms with Crippen LogP contribution in [0.4, 0.5) is 11.5 Å². The summed E-state index contributed by atoms with van der Waals surface area (Å²) in [7, 11) is 0. The summed E-state index contributed by atoms with van der Waals surface area (Å²) in [6.07, 6.45) is 1.61. The summed E-state index contributed by atoms with van der Waals surface area (Å²) >= 11 is 18.1. The zero-order chi connectivity index (χ0) is 16.0. The highest BCUT2D eigenvalue weighted by molar-refractivity contribution is 6.42. The van der Waals surface area contributed by atoms with Crippen LogP contribution >= 0.6 is 34.8 Å². The van der Waals surface area contributed by atoms with E-state index in [0.29, 0.717) is 32.0 Å². The van der Waals surface area contributed by atoms with Gasteiger partial charge in [-0.2, -0.15) is 0 Å². The van der Waals surface area contributed by atoms with Crippen molar-refractivity contribution in [1.29, 1.82) is 0 Å². The fraction of sp³-hybridized carbons (Fsp3) is 0. The molecule has 2 aromatic heterocycles. The van der Waals surface area contributed by atoms with Crippen molar-refractivity contribution in [2.45, 2.75) is 0 Å². The SMILES string of the molecule is Clc1ccc(Nc2nc3cc(Cl)c(Cl)cc3n3cnnc23)cc1. The smallest absolute Gasteiger partial charge is 0.204 e. The number of fused-ring (bicyclic) bond motifs is 3. The van der Waals surface area contributed by atoms with Crippen LogP contribution in [0.15, 0.2) is 42.7 Å². The molecular formula is C15H8Cl3N5. The van der Waals surface area contributed by atoms with Gasteiger partial charge in [-0.3, -0.25) is 4.40 Å². The van der Waals surface area contributed by atoms with E-state index < -0.39 is 0 Å². The second-order valence-corrected chi connectivity index (χ2v) is 6.12. The third-order valence-electron chi connectivity index (χ3n) is 3.38. The molecule has 0 radical (unpaired) electrons. The Balaban J connectivity index is 1.92. The summed E-state index contributed by atoms with van der Waals surface area (Å²) in [5.74, 6) is 0.565. The van der Waals surface area contributed by atoms with Gasteiger partial charge in [-0.15, -0.1) is 10.2 Å². The molecular weight excluding hydrogens is 357 g/mol. The summed E-state index contributed by atoms with van der Waals surface area (Å²) in [4.78, 5) is 4.58. The summed E-state index contributed by atoms with van der Waals surface area (Å²) < 4.78 is 1.81. The molecule has 2 aromatic carbocycles. The largest absolute Gasteiger partial charge is 0.337 e. The number of halogens is 3. The van der Waals surface area contributed by atoms with Crippen molar-refractivity contribution < 1.29 is 0 Å². The van der Waals surface area contributed by atoms with E-state index in [-0.39, 0.29) is 0 Å². The Morgan fingerprint density at radius 2 is 1.70 bits per heavy atom. The maximum Gasteiger partial charge on any atom is 0.204 e. The zero-order valence-corrected chi connectivity index (χ0v) is 13.7. The van der Waals surface area contributed by atoms with Crippen LogP contribution in [-0.2, 0) is 0 Å². The predicted molar refractivity (Wildman–Crippen MR) is 93.0 cm³/mol. The van der Waals surface area contributed by atoms with E-state index in [2.05, 4.69) is 20.5 Å². The molecule has 0 fully saturated rings. The number of rotatable bonds is 2. The molecule has 0 saturated carbocycles. The van der Waals surface area contributed by atoms with Crippen LogP contribution in [0.1, 0.15) is 0 Å². The van der Waals surface area contributed by atoms with Gasteiger partial charge in [-0.05, 0) is 36.4 Å². The van der Waals surface area contributed by atoms with Gasteiger partial charge < -0.3 is 5.32 Å². The molecule has 23 heavy (non-hydrogen) atoms. The van der Waals surface area contributed by atoms with Crippen molar-refractivity contribution in [3.05, 3.63) is 57.8 Å². The minimum absolute atomic E-state index is 0.441. The molecule has 0 bridgehead atoms. The summed E-state index contributed by atoms with van der Waals surface area (Å²) in [6.45, 7) is 0. The third-order valence-corrected chi connectivity index (χ3v) is 4.35. The average molecular weight is 365 g/mol. The van der Waals surface area contributed by atoms with Crippen LogP contribution in [0.2, 0.25) is 15.1 Å². The van der Waals surface area contributed by atoms with Crippen LogP contribution in [0.5, 0.6) is 0 Å². The first-order valence-corrected chi connectivity index (χ1v) is 7.76. The van der Waals surface area contributed by atoms with E-state index in [1.807, 2.05) is 16.5 Å². The summed E-state index contributed by atoms with van der Waals surface area (Å²) in [5, 5.41) is 12.9. The van der Waals surface area contributed by atoms with Crippen molar-refractivity contribution >= 4 is 63.0 Å². The number of nitrogens with zero attached hydrogens (tertiary/aromatic N) is 4. The van der Waals surface area contributed by atoms with Gasteiger partial charge in [0.15, 0.2) is 5.82 Å². The van der Waals surface area contributed by atoms with E-state index in [1.54, 1.807) is 30.6 Å². The van der Waals surface area contributed by atoms with Crippen molar-refractivity contribution in [2.24, 2.45) is 0 Å². The van der Waals surface area contributed by atoms with Gasteiger partial charge in [0.05, 0.1) is 21.1 Å². The van der Waals surface area contributed by atoms with Crippen molar-refractivity contribution in [3.63, 3.8) is 0 Å². The number of anilines is 2. The minimum Gasteiger partial charge on any atom is -0.337 e. The molecule has 0 aliphatic carbocycles. The Kier molecular flexibility index (Phi) is 3.49. The van der Waals surface area contributed by atoms with Crippen LogP contribution in [0, 0.1) is 0 Å². The standard InChI is InChI=1S/C15H8Cl3N5/c16-8-1-3-9(4-2-8)20-14-15-22-19-7-23(15)13-6-11(18)10(17)5-12(13)21-14/h1-7H,(H,20,21). The summed E-state index contributed by atoms with van der Waals surface area (Å²) in [5.41, 5.74) is 2.89. The molecule has 0 unspecified atom stereocenters. The Hall–Kier alpha value is -2.08. The quantitative estimate of drug-likeness (QED) is 0.545. The van der Waals surface area contributed by atoms with Crippen LogP contribution in [-0.4, -0.2) is 19.6 Å². The van der Waals surface area contributed by atoms with Crippen LogP contribution in [0.3, 0.4) is 0 Å². The summed E-state index contributed by atoms with van der Waals surface area (Å²) in [6, 6.07) is 10.8. The molecule has 8 heteroatoms. The Morgan fingerprint density at radius 1 is 0.957 bits per heavy atom. The lowest BCUT2D eigenvalue weighted by Crippen LogP contribution is -2.00. The normalized spacial score (nSPS) is 11.3. The molecule has 4 rings (SSSR count). The van der Waals surface area contributed by atoms with E-state index in [9.17, 15) is 0 Å². The van der Waals surface area contributed by atoms with Crippen LogP contribution < -0.4 is 5.32 Å². The average Bonchev–Trinajstić information content (AvgIpc) is 3.02. The Morgan fingerprint density at radius 3 is 2.48 bits per heavy atom. The lowest BCUT2D eigenvalue weighted by Gasteiger charge is -2.10. The molecule has 0 spiro atoms. The second-order valence-electron chi connectivity index (χ2n) is 4.87. The highest BCUT2D eigenvalue weighted by Gasteiger charge is 2.12. The van der Waals surface area contributed by atoms with Gasteiger partial charge in [0.1, 0.15) is 6.33 Å². The predicted octanol–water partition coefficient (Wildman–Crippen LogP) is 4.98. The number of nitrogens with one attached hydrogen (secondary N) is 1. The highest BCUT2D eigenvalue weighted by atomic mass is 35.5. The van der Waals surface area contributed by atoms with Gasteiger partial charge >= 0.3 is 0 Å². The second kappa shape index (κ2) is 5.53. The topological polar surface area (TPSA) is 55.1 Å². The fourth-order valence-corrected chi connectivity index (χ4v) is 2.75. The minimum atomic E-state index is 0.441. The maximum absolute atomic E-state index is 6.10. The van der Waals surface area contributed by atoms with Gasteiger partial charge in [0.2, 0.25) is 5.65 Å². The van der Waals surface area contributed by atoms with Gasteiger partial charge in [-0.1, -0.05) is 34.8 Å². The molecule has 4 aromatic rings. The first kappa shape index (κ1) is 14.5. The van der Waals surface area contributed by atoms with Gasteiger partial charge in [0.25, 0.3) is 0 Å². The van der Waals surface area contributed by atoms with Crippen LogP contribution in [0.25, 0.3) is 16.7 Å². The van der Waals surface area contributed by atoms with E-state index in [4.69, 9.17) is 34.8 Å². The molecule has 1 N–H and O–H groups in total. The molecule has 0 amide bonds. The van der Waals surface area contributed by atoms with E-state index in [0.717, 1.165) is 11.2 Å². The number of hydrogen-bond acceptors (Lipinski definition) is 4. The molecule has 0 aliphatic rings. The van der Waals surface area contributed by atoms with Crippen molar-refractivity contribution in [3.8, 4) is 0 Å². The molecule has 0 saturated heterocycles. The fourth-order valence-electron chi connectivity index (χ4n) is 2.31. The molecule has 0 aliphatic heterocycles. The number of aromatic nitrogens is 4. The van der Waals surface area contributed by atoms with Crippen molar-refractivity contribution in [1.82, 2.24) is 19.6 Å². The lowest BCUT2D eigenvalue weighted by atomic mass is 10.3. The molecule has 114 valence electrons. The first-order chi connectivity index (χ1) is 11.1. The van der Waals surface area contributed by atoms with Crippen molar-refractivity contribution in [2.75, 3.05) is 5.32 Å². The first-order valence-electron chi connectivity index (χ1n) is 6.63. The maximum atomic E-state index is 6.10. The molecule has 0 atom stereocenters. The van der Waals surface area contributed by atoms with Gasteiger partial charge in [-0.25, -0.2) is 4.98 Å².